The number of aromatic hydroxyl groups is 1. The fraction of sp³-hybridized carbons (Fsp3) is 0.333. The molecule has 5 heteroatoms. The lowest BCUT2D eigenvalue weighted by atomic mass is 9.88. The third-order valence-electron chi connectivity index (χ3n) is 3.98. The highest BCUT2D eigenvalue weighted by Gasteiger charge is 2.18. The summed E-state index contributed by atoms with van der Waals surface area (Å²) in [4.78, 5) is 8.23. The van der Waals surface area contributed by atoms with Crippen molar-refractivity contribution in [3.63, 3.8) is 0 Å². The summed E-state index contributed by atoms with van der Waals surface area (Å²) in [6.45, 7) is 0.485. The van der Waals surface area contributed by atoms with Crippen molar-refractivity contribution in [1.82, 2.24) is 9.97 Å². The molecule has 2 aromatic heterocycles. The summed E-state index contributed by atoms with van der Waals surface area (Å²) in [7, 11) is 1.64. The van der Waals surface area contributed by atoms with Crippen LogP contribution in [0, 0.1) is 0 Å². The Balaban J connectivity index is 1.86. The van der Waals surface area contributed by atoms with Gasteiger partial charge in [0.2, 0.25) is 5.88 Å². The molecule has 1 aliphatic rings. The van der Waals surface area contributed by atoms with Crippen LogP contribution in [0.4, 0.5) is 0 Å². The highest BCUT2D eigenvalue weighted by Crippen LogP contribution is 2.36. The van der Waals surface area contributed by atoms with E-state index in [0.717, 1.165) is 31.2 Å². The molecule has 0 aromatic carbocycles. The van der Waals surface area contributed by atoms with Gasteiger partial charge >= 0.3 is 0 Å². The average molecular weight is 312 g/mol. The molecule has 120 valence electrons. The van der Waals surface area contributed by atoms with Crippen LogP contribution >= 0.6 is 0 Å². The number of hydrogen-bond acceptors (Lipinski definition) is 5. The van der Waals surface area contributed by atoms with Gasteiger partial charge in [-0.3, -0.25) is 4.98 Å². The fourth-order valence-electron chi connectivity index (χ4n) is 2.89. The molecule has 0 bridgehead atoms. The molecular weight excluding hydrogens is 292 g/mol. The zero-order chi connectivity index (χ0) is 16.1. The van der Waals surface area contributed by atoms with Gasteiger partial charge in [-0.25, -0.2) is 4.98 Å². The van der Waals surface area contributed by atoms with Crippen LogP contribution in [-0.4, -0.2) is 28.8 Å². The van der Waals surface area contributed by atoms with Crippen molar-refractivity contribution in [1.29, 1.82) is 0 Å². The van der Waals surface area contributed by atoms with Crippen LogP contribution in [0.5, 0.6) is 17.4 Å². The summed E-state index contributed by atoms with van der Waals surface area (Å²) in [5.41, 5.74) is 3.56. The highest BCUT2D eigenvalue weighted by atomic mass is 16.5. The molecule has 2 aromatic rings. The van der Waals surface area contributed by atoms with E-state index in [2.05, 4.69) is 9.97 Å². The van der Waals surface area contributed by atoms with E-state index in [4.69, 9.17) is 9.47 Å². The van der Waals surface area contributed by atoms with Crippen LogP contribution in [0.2, 0.25) is 0 Å². The number of rotatable bonds is 5. The molecule has 3 rings (SSSR count). The summed E-state index contributed by atoms with van der Waals surface area (Å²) < 4.78 is 11.2. The summed E-state index contributed by atoms with van der Waals surface area (Å²) in [5.74, 6) is 1.33. The van der Waals surface area contributed by atoms with Crippen molar-refractivity contribution >= 4 is 5.57 Å². The Hall–Kier alpha value is -2.56. The predicted molar refractivity (Wildman–Crippen MR) is 87.6 cm³/mol. The number of nitrogens with zero attached hydrogens (tertiary/aromatic N) is 2. The summed E-state index contributed by atoms with van der Waals surface area (Å²) in [6.07, 6.45) is 9.04. The number of pyridine rings is 2. The maximum atomic E-state index is 9.47. The van der Waals surface area contributed by atoms with E-state index in [0.29, 0.717) is 18.2 Å². The number of allylic oxidation sites excluding steroid dienone is 1. The van der Waals surface area contributed by atoms with Gasteiger partial charge in [0.1, 0.15) is 18.1 Å². The molecule has 0 radical (unpaired) electrons. The Morgan fingerprint density at radius 3 is 2.91 bits per heavy atom. The van der Waals surface area contributed by atoms with Gasteiger partial charge in [-0.2, -0.15) is 0 Å². The SMILES string of the molecule is COc1ncccc1C1=C(COc2cncc(O)c2)CCCC1. The normalized spacial score (nSPS) is 14.7. The van der Waals surface area contributed by atoms with Crippen molar-refractivity contribution < 1.29 is 14.6 Å². The van der Waals surface area contributed by atoms with E-state index in [9.17, 15) is 5.11 Å². The van der Waals surface area contributed by atoms with E-state index >= 15 is 0 Å². The fourth-order valence-corrected chi connectivity index (χ4v) is 2.89. The van der Waals surface area contributed by atoms with Crippen molar-refractivity contribution in [2.75, 3.05) is 13.7 Å². The Kier molecular flexibility index (Phi) is 4.76. The summed E-state index contributed by atoms with van der Waals surface area (Å²) in [5, 5.41) is 9.47. The number of hydrogen-bond donors (Lipinski definition) is 1. The monoisotopic (exact) mass is 312 g/mol. The molecule has 0 aliphatic heterocycles. The van der Waals surface area contributed by atoms with Crippen molar-refractivity contribution in [3.05, 3.63) is 47.9 Å². The molecule has 0 unspecified atom stereocenters. The maximum Gasteiger partial charge on any atom is 0.220 e. The Bertz CT molecular complexity index is 713. The molecule has 0 saturated carbocycles. The molecule has 0 amide bonds. The maximum absolute atomic E-state index is 9.47. The lowest BCUT2D eigenvalue weighted by Crippen LogP contribution is -2.09. The summed E-state index contributed by atoms with van der Waals surface area (Å²) >= 11 is 0. The van der Waals surface area contributed by atoms with E-state index in [1.54, 1.807) is 25.6 Å². The molecule has 23 heavy (non-hydrogen) atoms. The number of methoxy groups -OCH3 is 1. The number of ether oxygens (including phenoxy) is 2. The average Bonchev–Trinajstić information content (AvgIpc) is 2.60. The van der Waals surface area contributed by atoms with Gasteiger partial charge in [-0.15, -0.1) is 0 Å². The largest absolute Gasteiger partial charge is 0.506 e. The van der Waals surface area contributed by atoms with Gasteiger partial charge in [0.15, 0.2) is 0 Å². The van der Waals surface area contributed by atoms with Crippen LogP contribution in [-0.2, 0) is 0 Å². The van der Waals surface area contributed by atoms with Crippen molar-refractivity contribution in [2.24, 2.45) is 0 Å². The zero-order valence-corrected chi connectivity index (χ0v) is 13.2. The predicted octanol–water partition coefficient (Wildman–Crippen LogP) is 3.60. The van der Waals surface area contributed by atoms with Gasteiger partial charge < -0.3 is 14.6 Å². The second-order valence-corrected chi connectivity index (χ2v) is 5.52. The minimum Gasteiger partial charge on any atom is -0.506 e. The second-order valence-electron chi connectivity index (χ2n) is 5.52. The van der Waals surface area contributed by atoms with Crippen LogP contribution in [0.3, 0.4) is 0 Å². The molecule has 0 saturated heterocycles. The quantitative estimate of drug-likeness (QED) is 0.914. The summed E-state index contributed by atoms with van der Waals surface area (Å²) in [6, 6.07) is 5.54. The molecule has 1 N–H and O–H groups in total. The van der Waals surface area contributed by atoms with Crippen LogP contribution in [0.15, 0.2) is 42.4 Å². The van der Waals surface area contributed by atoms with Gasteiger partial charge in [-0.05, 0) is 49.0 Å². The second kappa shape index (κ2) is 7.13. The van der Waals surface area contributed by atoms with E-state index < -0.39 is 0 Å². The molecule has 0 spiro atoms. The first kappa shape index (κ1) is 15.3. The van der Waals surface area contributed by atoms with Gasteiger partial charge in [0, 0.05) is 17.8 Å². The first-order valence-corrected chi connectivity index (χ1v) is 7.75. The minimum absolute atomic E-state index is 0.106. The van der Waals surface area contributed by atoms with Crippen LogP contribution < -0.4 is 9.47 Å². The lowest BCUT2D eigenvalue weighted by molar-refractivity contribution is 0.340. The van der Waals surface area contributed by atoms with Crippen LogP contribution in [0.1, 0.15) is 31.2 Å². The van der Waals surface area contributed by atoms with E-state index in [1.165, 1.54) is 17.3 Å². The van der Waals surface area contributed by atoms with Crippen molar-refractivity contribution in [3.8, 4) is 17.4 Å². The Morgan fingerprint density at radius 1 is 1.22 bits per heavy atom. The van der Waals surface area contributed by atoms with E-state index in [-0.39, 0.29) is 5.75 Å². The van der Waals surface area contributed by atoms with Gasteiger partial charge in [-0.1, -0.05) is 0 Å². The Morgan fingerprint density at radius 2 is 2.09 bits per heavy atom. The van der Waals surface area contributed by atoms with E-state index in [1.807, 2.05) is 12.1 Å². The molecule has 2 heterocycles. The molecule has 1 aliphatic carbocycles. The van der Waals surface area contributed by atoms with Gasteiger partial charge in [0.25, 0.3) is 0 Å². The standard InChI is InChI=1S/C18H20N2O3/c1-22-18-17(7-4-8-20-18)16-6-3-2-5-13(16)12-23-15-9-14(21)10-19-11-15/h4,7-11,21H,2-3,5-6,12H2,1H3. The van der Waals surface area contributed by atoms with Crippen molar-refractivity contribution in [2.45, 2.75) is 25.7 Å². The number of aromatic nitrogens is 2. The lowest BCUT2D eigenvalue weighted by Gasteiger charge is -2.22. The zero-order valence-electron chi connectivity index (χ0n) is 13.2. The molecular formula is C18H20N2O3. The smallest absolute Gasteiger partial charge is 0.220 e. The van der Waals surface area contributed by atoms with Gasteiger partial charge in [0.05, 0.1) is 19.5 Å². The third-order valence-corrected chi connectivity index (χ3v) is 3.98. The molecule has 0 atom stereocenters. The highest BCUT2D eigenvalue weighted by molar-refractivity contribution is 5.72. The molecule has 5 nitrogen and oxygen atoms in total. The first-order chi connectivity index (χ1) is 11.3. The minimum atomic E-state index is 0.106. The van der Waals surface area contributed by atoms with Crippen LogP contribution in [0.25, 0.3) is 5.57 Å². The molecule has 0 fully saturated rings. The first-order valence-electron chi connectivity index (χ1n) is 7.75. The topological polar surface area (TPSA) is 64.5 Å². The Labute approximate surface area is 135 Å². The third kappa shape index (κ3) is 3.62.